The fourth-order valence-corrected chi connectivity index (χ4v) is 4.41. The molecule has 0 unspecified atom stereocenters. The molecule has 0 aliphatic carbocycles. The molecule has 2 aromatic heterocycles. The van der Waals surface area contributed by atoms with Gasteiger partial charge in [0, 0.05) is 0 Å². The maximum absolute atomic E-state index is 13.7. The number of halogens is 3. The van der Waals surface area contributed by atoms with Crippen LogP contribution in [0, 0.1) is 13.8 Å². The van der Waals surface area contributed by atoms with E-state index in [1.165, 1.54) is 12.1 Å². The van der Waals surface area contributed by atoms with Gasteiger partial charge in [-0.3, -0.25) is 14.9 Å². The Hall–Kier alpha value is -2.86. The lowest BCUT2D eigenvalue weighted by Crippen LogP contribution is -2.20. The van der Waals surface area contributed by atoms with Gasteiger partial charge < -0.3 is 5.73 Å². The van der Waals surface area contributed by atoms with Crippen molar-refractivity contribution in [1.29, 1.82) is 0 Å². The van der Waals surface area contributed by atoms with E-state index in [-0.39, 0.29) is 16.6 Å². The molecular weight excluding hydrogens is 439 g/mol. The molecule has 3 N–H and O–H groups in total. The standard InChI is InChI=1S/C18H16F3N5O2S2/c1-9-3-5-11(6-4-9)26-14(18(19,20)21)12(7-23-26)15(28)25-17-24-10(2)16(30-17)29-8-13(22)27/h3-7H,8H2,1-2H3,(H2,22,27)(H,24,25,28). The van der Waals surface area contributed by atoms with Crippen molar-refractivity contribution in [3.63, 3.8) is 0 Å². The molecule has 0 radical (unpaired) electrons. The van der Waals surface area contributed by atoms with Crippen LogP contribution in [0.3, 0.4) is 0 Å². The molecule has 2 heterocycles. The van der Waals surface area contributed by atoms with Crippen molar-refractivity contribution in [2.45, 2.75) is 24.2 Å². The molecule has 7 nitrogen and oxygen atoms in total. The van der Waals surface area contributed by atoms with Crippen molar-refractivity contribution in [3.8, 4) is 5.69 Å². The van der Waals surface area contributed by atoms with Crippen LogP contribution in [0.1, 0.15) is 27.3 Å². The predicted molar refractivity (Wildman–Crippen MR) is 108 cm³/mol. The topological polar surface area (TPSA) is 103 Å². The molecule has 0 spiro atoms. The van der Waals surface area contributed by atoms with Crippen LogP contribution < -0.4 is 11.1 Å². The van der Waals surface area contributed by atoms with Crippen LogP contribution in [0.2, 0.25) is 0 Å². The maximum atomic E-state index is 13.7. The van der Waals surface area contributed by atoms with Gasteiger partial charge in [-0.2, -0.15) is 18.3 Å². The number of aryl methyl sites for hydroxylation is 2. The second-order valence-electron chi connectivity index (χ2n) is 6.25. The van der Waals surface area contributed by atoms with E-state index in [0.29, 0.717) is 14.6 Å². The summed E-state index contributed by atoms with van der Waals surface area (Å²) in [6.07, 6.45) is -3.93. The molecule has 0 aliphatic heterocycles. The number of hydrogen-bond donors (Lipinski definition) is 2. The van der Waals surface area contributed by atoms with Crippen molar-refractivity contribution in [3.05, 3.63) is 53.0 Å². The van der Waals surface area contributed by atoms with Crippen molar-refractivity contribution in [2.75, 3.05) is 11.1 Å². The first-order valence-corrected chi connectivity index (χ1v) is 10.3. The molecule has 30 heavy (non-hydrogen) atoms. The number of thiazole rings is 1. The Morgan fingerprint density at radius 3 is 2.50 bits per heavy atom. The predicted octanol–water partition coefficient (Wildman–Crippen LogP) is 3.79. The average molecular weight is 455 g/mol. The van der Waals surface area contributed by atoms with Crippen molar-refractivity contribution < 1.29 is 22.8 Å². The number of aromatic nitrogens is 3. The number of carbonyl (C=O) groups excluding carboxylic acids is 2. The Morgan fingerprint density at radius 2 is 1.90 bits per heavy atom. The van der Waals surface area contributed by atoms with Crippen LogP contribution in [0.4, 0.5) is 18.3 Å². The minimum atomic E-state index is -4.81. The van der Waals surface area contributed by atoms with E-state index in [4.69, 9.17) is 5.73 Å². The van der Waals surface area contributed by atoms with Crippen LogP contribution in [-0.4, -0.2) is 32.3 Å². The van der Waals surface area contributed by atoms with E-state index in [2.05, 4.69) is 15.4 Å². The molecule has 0 atom stereocenters. The van der Waals surface area contributed by atoms with Gasteiger partial charge in [-0.05, 0) is 26.0 Å². The Morgan fingerprint density at radius 1 is 1.23 bits per heavy atom. The number of rotatable bonds is 6. The van der Waals surface area contributed by atoms with E-state index in [1.807, 2.05) is 6.92 Å². The van der Waals surface area contributed by atoms with E-state index in [1.54, 1.807) is 19.1 Å². The summed E-state index contributed by atoms with van der Waals surface area (Å²) in [5.41, 5.74) is 4.90. The Kier molecular flexibility index (Phi) is 6.17. The molecule has 0 saturated carbocycles. The SMILES string of the molecule is Cc1ccc(-n2ncc(C(=O)Nc3nc(C)c(SCC(N)=O)s3)c2C(F)(F)F)cc1. The number of hydrogen-bond acceptors (Lipinski definition) is 6. The summed E-state index contributed by atoms with van der Waals surface area (Å²) in [4.78, 5) is 27.6. The van der Waals surface area contributed by atoms with E-state index in [0.717, 1.165) is 34.9 Å². The Labute approximate surface area is 177 Å². The number of anilines is 1. The van der Waals surface area contributed by atoms with E-state index < -0.39 is 29.2 Å². The van der Waals surface area contributed by atoms with Gasteiger partial charge in [0.25, 0.3) is 5.91 Å². The highest BCUT2D eigenvalue weighted by atomic mass is 32.2. The van der Waals surface area contributed by atoms with E-state index in [9.17, 15) is 22.8 Å². The number of primary amides is 1. The maximum Gasteiger partial charge on any atom is 0.434 e. The van der Waals surface area contributed by atoms with Crippen LogP contribution >= 0.6 is 23.1 Å². The first-order valence-electron chi connectivity index (χ1n) is 8.48. The zero-order valence-corrected chi connectivity index (χ0v) is 17.4. The Bertz CT molecular complexity index is 1090. The quantitative estimate of drug-likeness (QED) is 0.551. The average Bonchev–Trinajstić information content (AvgIpc) is 3.24. The molecular formula is C18H16F3N5O2S2. The van der Waals surface area contributed by atoms with Crippen molar-refractivity contribution in [2.24, 2.45) is 5.73 Å². The zero-order valence-electron chi connectivity index (χ0n) is 15.8. The van der Waals surface area contributed by atoms with Gasteiger partial charge in [-0.1, -0.05) is 29.0 Å². The highest BCUT2D eigenvalue weighted by Gasteiger charge is 2.40. The lowest BCUT2D eigenvalue weighted by atomic mass is 10.2. The van der Waals surface area contributed by atoms with Gasteiger partial charge >= 0.3 is 6.18 Å². The summed E-state index contributed by atoms with van der Waals surface area (Å²) in [5, 5.41) is 6.27. The summed E-state index contributed by atoms with van der Waals surface area (Å²) < 4.78 is 42.6. The van der Waals surface area contributed by atoms with Crippen molar-refractivity contribution >= 4 is 40.0 Å². The fourth-order valence-electron chi connectivity index (χ4n) is 2.54. The van der Waals surface area contributed by atoms with Gasteiger partial charge in [-0.25, -0.2) is 9.67 Å². The normalized spacial score (nSPS) is 11.5. The number of nitrogens with zero attached hydrogens (tertiary/aromatic N) is 3. The molecule has 3 aromatic rings. The van der Waals surface area contributed by atoms with Gasteiger partial charge in [0.05, 0.1) is 33.1 Å². The lowest BCUT2D eigenvalue weighted by molar-refractivity contribution is -0.143. The van der Waals surface area contributed by atoms with Crippen LogP contribution in [0.15, 0.2) is 34.7 Å². The third-order valence-corrected chi connectivity index (χ3v) is 6.34. The number of benzene rings is 1. The monoisotopic (exact) mass is 455 g/mol. The number of nitrogens with one attached hydrogen (secondary N) is 1. The van der Waals surface area contributed by atoms with Crippen LogP contribution in [0.25, 0.3) is 5.69 Å². The molecule has 12 heteroatoms. The summed E-state index contributed by atoms with van der Waals surface area (Å²) in [6, 6.07) is 6.29. The first kappa shape index (κ1) is 21.8. The minimum absolute atomic E-state index is 0.0258. The van der Waals surface area contributed by atoms with Gasteiger partial charge in [0.1, 0.15) is 0 Å². The van der Waals surface area contributed by atoms with Gasteiger partial charge in [0.2, 0.25) is 5.91 Å². The number of thioether (sulfide) groups is 1. The van der Waals surface area contributed by atoms with Gasteiger partial charge in [0.15, 0.2) is 10.8 Å². The summed E-state index contributed by atoms with van der Waals surface area (Å²) in [7, 11) is 0. The summed E-state index contributed by atoms with van der Waals surface area (Å²) >= 11 is 2.19. The minimum Gasteiger partial charge on any atom is -0.369 e. The number of carbonyl (C=O) groups is 2. The zero-order chi connectivity index (χ0) is 22.1. The van der Waals surface area contributed by atoms with Gasteiger partial charge in [-0.15, -0.1) is 11.8 Å². The first-order chi connectivity index (χ1) is 14.1. The number of alkyl halides is 3. The Balaban J connectivity index is 1.90. The number of nitrogens with two attached hydrogens (primary N) is 1. The van der Waals surface area contributed by atoms with E-state index >= 15 is 0 Å². The second-order valence-corrected chi connectivity index (χ2v) is 8.50. The summed E-state index contributed by atoms with van der Waals surface area (Å²) in [5.74, 6) is -1.48. The molecule has 3 rings (SSSR count). The van der Waals surface area contributed by atoms with Crippen LogP contribution in [-0.2, 0) is 11.0 Å². The molecule has 0 fully saturated rings. The number of amides is 2. The molecule has 158 valence electrons. The fraction of sp³-hybridized carbons (Fsp3) is 0.222. The molecule has 2 amide bonds. The molecule has 0 aliphatic rings. The third-order valence-electron chi connectivity index (χ3n) is 3.88. The molecule has 0 saturated heterocycles. The third kappa shape index (κ3) is 4.82. The second kappa shape index (κ2) is 8.48. The highest BCUT2D eigenvalue weighted by molar-refractivity contribution is 8.01. The summed E-state index contributed by atoms with van der Waals surface area (Å²) in [6.45, 7) is 3.47. The van der Waals surface area contributed by atoms with Crippen LogP contribution in [0.5, 0.6) is 0 Å². The van der Waals surface area contributed by atoms with Crippen molar-refractivity contribution in [1.82, 2.24) is 14.8 Å². The molecule has 0 bridgehead atoms. The molecule has 1 aromatic carbocycles. The smallest absolute Gasteiger partial charge is 0.369 e. The largest absolute Gasteiger partial charge is 0.434 e. The highest BCUT2D eigenvalue weighted by Crippen LogP contribution is 2.35. The lowest BCUT2D eigenvalue weighted by Gasteiger charge is -2.12.